The smallest absolute Gasteiger partial charge is 0.00155 e. The summed E-state index contributed by atoms with van der Waals surface area (Å²) >= 11 is 0. The fraction of sp³-hybridized carbons (Fsp3) is 1.00. The molecule has 0 spiro atoms. The molecule has 2 nitrogen and oxygen atoms in total. The Labute approximate surface area is 58.0 Å². The first-order chi connectivity index (χ1) is 4.20. The third kappa shape index (κ3) is 4.43. The second kappa shape index (κ2) is 4.77. The van der Waals surface area contributed by atoms with E-state index in [4.69, 9.17) is 5.73 Å². The van der Waals surface area contributed by atoms with E-state index in [-0.39, 0.29) is 0 Å². The lowest BCUT2D eigenvalue weighted by Crippen LogP contribution is -2.26. The van der Waals surface area contributed by atoms with Crippen LogP contribution < -0.4 is 5.73 Å². The molecule has 0 saturated heterocycles. The maximum atomic E-state index is 5.50. The van der Waals surface area contributed by atoms with Gasteiger partial charge in [-0.25, -0.2) is 0 Å². The predicted octanol–water partition coefficient (Wildman–Crippen LogP) is 0.533. The van der Waals surface area contributed by atoms with E-state index >= 15 is 0 Å². The number of hydrogen-bond acceptors (Lipinski definition) is 2. The number of nitrogens with zero attached hydrogens (tertiary/aromatic N) is 1. The molecular formula is C7H18N2. The average molecular weight is 130 g/mol. The molecule has 0 aromatic rings. The van der Waals surface area contributed by atoms with Crippen LogP contribution in [0.5, 0.6) is 0 Å². The van der Waals surface area contributed by atoms with Gasteiger partial charge in [0.1, 0.15) is 0 Å². The predicted molar refractivity (Wildman–Crippen MR) is 41.4 cm³/mol. The average Bonchev–Trinajstić information content (AvgIpc) is 1.82. The third-order valence-electron chi connectivity index (χ3n) is 1.53. The molecule has 0 unspecified atom stereocenters. The van der Waals surface area contributed by atoms with Gasteiger partial charge in [-0.1, -0.05) is 13.3 Å². The molecule has 0 aliphatic carbocycles. The summed E-state index contributed by atoms with van der Waals surface area (Å²) in [6.45, 7) is 4.11. The van der Waals surface area contributed by atoms with Crippen molar-refractivity contribution in [2.45, 2.75) is 13.3 Å². The molecule has 0 aliphatic heterocycles. The minimum Gasteiger partial charge on any atom is -0.330 e. The minimum absolute atomic E-state index is 0.681. The van der Waals surface area contributed by atoms with Crippen LogP contribution in [0.3, 0.4) is 0 Å². The Morgan fingerprint density at radius 1 is 1.44 bits per heavy atom. The Morgan fingerprint density at radius 2 is 2.00 bits per heavy atom. The normalized spacial score (nSPS) is 14.3. The van der Waals surface area contributed by atoms with Crippen LogP contribution in [-0.2, 0) is 0 Å². The fourth-order valence-corrected chi connectivity index (χ4v) is 0.887. The molecule has 0 bridgehead atoms. The van der Waals surface area contributed by atoms with Crippen molar-refractivity contribution < 1.29 is 0 Å². The first-order valence-corrected chi connectivity index (χ1v) is 3.55. The second-order valence-corrected chi connectivity index (χ2v) is 2.77. The van der Waals surface area contributed by atoms with E-state index < -0.39 is 0 Å². The lowest BCUT2D eigenvalue weighted by atomic mass is 10.1. The van der Waals surface area contributed by atoms with Crippen molar-refractivity contribution in [1.29, 1.82) is 0 Å². The van der Waals surface area contributed by atoms with Crippen molar-refractivity contribution in [2.24, 2.45) is 11.7 Å². The molecule has 2 heteroatoms. The van der Waals surface area contributed by atoms with E-state index in [2.05, 4.69) is 25.9 Å². The molecule has 9 heavy (non-hydrogen) atoms. The summed E-state index contributed by atoms with van der Waals surface area (Å²) < 4.78 is 0. The quantitative estimate of drug-likeness (QED) is 0.601. The van der Waals surface area contributed by atoms with Gasteiger partial charge >= 0.3 is 0 Å². The first-order valence-electron chi connectivity index (χ1n) is 3.55. The van der Waals surface area contributed by atoms with Crippen LogP contribution in [0.4, 0.5) is 0 Å². The number of nitrogens with two attached hydrogens (primary N) is 1. The lowest BCUT2D eigenvalue weighted by Gasteiger charge is -2.16. The molecule has 0 amide bonds. The van der Waals surface area contributed by atoms with Crippen molar-refractivity contribution >= 4 is 0 Å². The summed E-state index contributed by atoms with van der Waals surface area (Å²) in [6, 6.07) is 0. The van der Waals surface area contributed by atoms with Gasteiger partial charge in [-0.2, -0.15) is 0 Å². The highest BCUT2D eigenvalue weighted by molar-refractivity contribution is 4.59. The molecule has 56 valence electrons. The van der Waals surface area contributed by atoms with Crippen molar-refractivity contribution in [1.82, 2.24) is 4.90 Å². The first kappa shape index (κ1) is 8.92. The van der Waals surface area contributed by atoms with Gasteiger partial charge in [0.25, 0.3) is 0 Å². The summed E-state index contributed by atoms with van der Waals surface area (Å²) in [5.74, 6) is 0.681. The Morgan fingerprint density at radius 3 is 2.11 bits per heavy atom. The van der Waals surface area contributed by atoms with Crippen LogP contribution in [-0.4, -0.2) is 32.1 Å². The van der Waals surface area contributed by atoms with Gasteiger partial charge < -0.3 is 10.6 Å². The van der Waals surface area contributed by atoms with Crippen molar-refractivity contribution in [3.63, 3.8) is 0 Å². The molecule has 0 aromatic carbocycles. The van der Waals surface area contributed by atoms with Crippen molar-refractivity contribution in [2.75, 3.05) is 27.2 Å². The maximum absolute atomic E-state index is 5.50. The molecule has 0 fully saturated rings. The molecule has 0 saturated carbocycles. The third-order valence-corrected chi connectivity index (χ3v) is 1.53. The largest absolute Gasteiger partial charge is 0.330 e. The number of hydrogen-bond donors (Lipinski definition) is 1. The van der Waals surface area contributed by atoms with Gasteiger partial charge in [-0.3, -0.25) is 0 Å². The summed E-state index contributed by atoms with van der Waals surface area (Å²) in [7, 11) is 4.16. The summed E-state index contributed by atoms with van der Waals surface area (Å²) in [6.07, 6.45) is 1.19. The molecule has 0 radical (unpaired) electrons. The van der Waals surface area contributed by atoms with Crippen molar-refractivity contribution in [3.8, 4) is 0 Å². The van der Waals surface area contributed by atoms with E-state index in [9.17, 15) is 0 Å². The van der Waals surface area contributed by atoms with Crippen LogP contribution in [0.25, 0.3) is 0 Å². The van der Waals surface area contributed by atoms with E-state index in [1.165, 1.54) is 6.42 Å². The molecule has 0 aliphatic rings. The molecule has 0 heterocycles. The number of rotatable bonds is 4. The zero-order chi connectivity index (χ0) is 7.28. The SMILES string of the molecule is CC[C@H](CN)CN(C)C. The highest BCUT2D eigenvalue weighted by Crippen LogP contribution is 1.99. The molecule has 0 aromatic heterocycles. The van der Waals surface area contributed by atoms with Gasteiger partial charge in [0, 0.05) is 6.54 Å². The summed E-state index contributed by atoms with van der Waals surface area (Å²) in [5, 5.41) is 0. The Hall–Kier alpha value is -0.0800. The van der Waals surface area contributed by atoms with E-state index in [1.54, 1.807) is 0 Å². The molecule has 2 N–H and O–H groups in total. The van der Waals surface area contributed by atoms with Gasteiger partial charge in [0.05, 0.1) is 0 Å². The van der Waals surface area contributed by atoms with Gasteiger partial charge in [0.2, 0.25) is 0 Å². The van der Waals surface area contributed by atoms with E-state index in [0.29, 0.717) is 5.92 Å². The van der Waals surface area contributed by atoms with Crippen molar-refractivity contribution in [3.05, 3.63) is 0 Å². The lowest BCUT2D eigenvalue weighted by molar-refractivity contribution is 0.323. The monoisotopic (exact) mass is 130 g/mol. The molecular weight excluding hydrogens is 112 g/mol. The van der Waals surface area contributed by atoms with Crippen LogP contribution in [0.2, 0.25) is 0 Å². The maximum Gasteiger partial charge on any atom is 0.00155 e. The topological polar surface area (TPSA) is 29.3 Å². The van der Waals surface area contributed by atoms with Crippen LogP contribution in [0.15, 0.2) is 0 Å². The molecule has 0 rings (SSSR count). The zero-order valence-electron chi connectivity index (χ0n) is 6.72. The summed E-state index contributed by atoms with van der Waals surface area (Å²) in [4.78, 5) is 2.18. The van der Waals surface area contributed by atoms with Gasteiger partial charge in [0.15, 0.2) is 0 Å². The van der Waals surface area contributed by atoms with E-state index in [0.717, 1.165) is 13.1 Å². The minimum atomic E-state index is 0.681. The van der Waals surface area contributed by atoms with Gasteiger partial charge in [-0.15, -0.1) is 0 Å². The summed E-state index contributed by atoms with van der Waals surface area (Å²) in [5.41, 5.74) is 5.50. The van der Waals surface area contributed by atoms with E-state index in [1.807, 2.05) is 0 Å². The molecule has 1 atom stereocenters. The Bertz CT molecular complexity index is 57.9. The zero-order valence-corrected chi connectivity index (χ0v) is 6.72. The second-order valence-electron chi connectivity index (χ2n) is 2.77. The highest BCUT2D eigenvalue weighted by Gasteiger charge is 2.02. The van der Waals surface area contributed by atoms with Gasteiger partial charge in [-0.05, 0) is 26.6 Å². The van der Waals surface area contributed by atoms with Crippen LogP contribution in [0.1, 0.15) is 13.3 Å². The van der Waals surface area contributed by atoms with Crippen LogP contribution >= 0.6 is 0 Å². The Balaban J connectivity index is 3.31. The van der Waals surface area contributed by atoms with Crippen LogP contribution in [0, 0.1) is 5.92 Å². The highest BCUT2D eigenvalue weighted by atomic mass is 15.1. The fourth-order valence-electron chi connectivity index (χ4n) is 0.887. The standard InChI is InChI=1S/C7H18N2/c1-4-7(5-8)6-9(2)3/h7H,4-6,8H2,1-3H3/t7-/m1/s1. The Kier molecular flexibility index (Phi) is 4.72.